The summed E-state index contributed by atoms with van der Waals surface area (Å²) in [6.07, 6.45) is 0.722. The number of sulfonamides is 1. The summed E-state index contributed by atoms with van der Waals surface area (Å²) in [4.78, 5) is 9.40. The van der Waals surface area contributed by atoms with Gasteiger partial charge in [-0.3, -0.25) is 4.99 Å². The van der Waals surface area contributed by atoms with Crippen LogP contribution in [-0.2, 0) is 10.0 Å². The van der Waals surface area contributed by atoms with Crippen molar-refractivity contribution >= 4 is 56.3 Å². The van der Waals surface area contributed by atoms with Gasteiger partial charge < -0.3 is 15.1 Å². The molecule has 0 bridgehead atoms. The first kappa shape index (κ1) is 24.4. The fraction of sp³-hybridized carbons (Fsp3) is 0.706. The zero-order valence-corrected chi connectivity index (χ0v) is 20.4. The Morgan fingerprint density at radius 2 is 2.00 bits per heavy atom. The SMILES string of the molecule is CCNC(=NCCCN(C)S(=O)(=O)CC)N1CCN(c2cccs2)CC1.I. The van der Waals surface area contributed by atoms with E-state index in [0.717, 1.165) is 45.1 Å². The summed E-state index contributed by atoms with van der Waals surface area (Å²) in [7, 11) is -1.47. The van der Waals surface area contributed by atoms with Gasteiger partial charge in [-0.1, -0.05) is 0 Å². The van der Waals surface area contributed by atoms with Gasteiger partial charge in [0.15, 0.2) is 5.96 Å². The minimum atomic E-state index is -3.10. The Hall–Kier alpha value is -0.590. The molecule has 27 heavy (non-hydrogen) atoms. The van der Waals surface area contributed by atoms with Crippen molar-refractivity contribution in [1.82, 2.24) is 14.5 Å². The first-order valence-electron chi connectivity index (χ1n) is 9.23. The third-order valence-corrected chi connectivity index (χ3v) is 7.26. The van der Waals surface area contributed by atoms with Gasteiger partial charge in [0.25, 0.3) is 0 Å². The minimum absolute atomic E-state index is 0. The molecule has 156 valence electrons. The topological polar surface area (TPSA) is 68.2 Å². The second kappa shape index (κ2) is 12.1. The van der Waals surface area contributed by atoms with E-state index in [-0.39, 0.29) is 29.7 Å². The van der Waals surface area contributed by atoms with E-state index in [1.807, 2.05) is 0 Å². The standard InChI is InChI=1S/C17H31N5O2S2.HI/c1-4-18-17(19-9-7-10-20(3)26(23,24)5-2)22-13-11-21(12-14-22)16-8-6-15-25-16;/h6,8,15H,4-5,7,9-14H2,1-3H3,(H,18,19);1H. The largest absolute Gasteiger partial charge is 0.360 e. The number of piperazine rings is 1. The molecule has 2 rings (SSSR count). The van der Waals surface area contributed by atoms with E-state index < -0.39 is 10.0 Å². The Balaban J connectivity index is 0.00000364. The van der Waals surface area contributed by atoms with Crippen molar-refractivity contribution in [2.75, 3.05) is 63.5 Å². The molecule has 0 atom stereocenters. The third kappa shape index (κ3) is 7.39. The summed E-state index contributed by atoms with van der Waals surface area (Å²) in [5, 5.41) is 6.80. The Labute approximate surface area is 184 Å². The molecule has 7 nitrogen and oxygen atoms in total. The number of halogens is 1. The highest BCUT2D eigenvalue weighted by Crippen LogP contribution is 2.22. The smallest absolute Gasteiger partial charge is 0.213 e. The zero-order chi connectivity index (χ0) is 19.0. The third-order valence-electron chi connectivity index (χ3n) is 4.46. The fourth-order valence-corrected chi connectivity index (χ4v) is 4.49. The number of nitrogens with one attached hydrogen (secondary N) is 1. The van der Waals surface area contributed by atoms with E-state index in [9.17, 15) is 8.42 Å². The van der Waals surface area contributed by atoms with Crippen molar-refractivity contribution < 1.29 is 8.42 Å². The number of hydrogen-bond acceptors (Lipinski definition) is 5. The maximum Gasteiger partial charge on any atom is 0.213 e. The molecular weight excluding hydrogens is 497 g/mol. The molecule has 0 saturated carbocycles. The molecule has 0 aromatic carbocycles. The van der Waals surface area contributed by atoms with E-state index in [1.165, 1.54) is 9.31 Å². The molecule has 1 aromatic rings. The van der Waals surface area contributed by atoms with Crippen molar-refractivity contribution in [3.05, 3.63) is 17.5 Å². The highest BCUT2D eigenvalue weighted by atomic mass is 127. The minimum Gasteiger partial charge on any atom is -0.360 e. The van der Waals surface area contributed by atoms with Gasteiger partial charge >= 0.3 is 0 Å². The van der Waals surface area contributed by atoms with Crippen LogP contribution >= 0.6 is 35.3 Å². The van der Waals surface area contributed by atoms with Crippen molar-refractivity contribution in [2.45, 2.75) is 20.3 Å². The van der Waals surface area contributed by atoms with Crippen LogP contribution in [0, 0.1) is 0 Å². The van der Waals surface area contributed by atoms with Gasteiger partial charge in [0, 0.05) is 52.9 Å². The Morgan fingerprint density at radius 3 is 2.56 bits per heavy atom. The lowest BCUT2D eigenvalue weighted by Gasteiger charge is -2.37. The summed E-state index contributed by atoms with van der Waals surface area (Å²) in [6, 6.07) is 4.26. The zero-order valence-electron chi connectivity index (χ0n) is 16.4. The number of thiophene rings is 1. The normalized spacial score (nSPS) is 15.8. The number of hydrogen-bond donors (Lipinski definition) is 1. The molecule has 0 radical (unpaired) electrons. The number of rotatable bonds is 8. The average molecular weight is 530 g/mol. The van der Waals surface area contributed by atoms with Crippen molar-refractivity contribution in [3.63, 3.8) is 0 Å². The van der Waals surface area contributed by atoms with Crippen LogP contribution in [0.5, 0.6) is 0 Å². The average Bonchev–Trinajstić information content (AvgIpc) is 3.19. The molecule has 1 aliphatic heterocycles. The summed E-state index contributed by atoms with van der Waals surface area (Å²) in [5.41, 5.74) is 0. The van der Waals surface area contributed by atoms with E-state index in [1.54, 1.807) is 25.3 Å². The van der Waals surface area contributed by atoms with Crippen LogP contribution in [0.2, 0.25) is 0 Å². The predicted octanol–water partition coefficient (Wildman–Crippen LogP) is 2.13. The molecule has 0 aliphatic carbocycles. The first-order chi connectivity index (χ1) is 12.5. The Bertz CT molecular complexity index is 659. The van der Waals surface area contributed by atoms with Gasteiger partial charge in [0.1, 0.15) is 0 Å². The van der Waals surface area contributed by atoms with Gasteiger partial charge in [0.2, 0.25) is 10.0 Å². The van der Waals surface area contributed by atoms with E-state index in [2.05, 4.69) is 39.6 Å². The van der Waals surface area contributed by atoms with Crippen LogP contribution in [0.25, 0.3) is 0 Å². The van der Waals surface area contributed by atoms with E-state index in [4.69, 9.17) is 4.99 Å². The summed E-state index contributed by atoms with van der Waals surface area (Å²) >= 11 is 1.78. The maximum absolute atomic E-state index is 11.8. The van der Waals surface area contributed by atoms with Crippen LogP contribution in [0.15, 0.2) is 22.5 Å². The summed E-state index contributed by atoms with van der Waals surface area (Å²) < 4.78 is 25.0. The predicted molar refractivity (Wildman–Crippen MR) is 126 cm³/mol. The molecule has 1 saturated heterocycles. The molecule has 1 aromatic heterocycles. The number of guanidine groups is 1. The van der Waals surface area contributed by atoms with Crippen LogP contribution < -0.4 is 10.2 Å². The lowest BCUT2D eigenvalue weighted by Crippen LogP contribution is -2.52. The molecule has 1 fully saturated rings. The van der Waals surface area contributed by atoms with Crippen molar-refractivity contribution in [3.8, 4) is 0 Å². The number of anilines is 1. The van der Waals surface area contributed by atoms with E-state index >= 15 is 0 Å². The lowest BCUT2D eigenvalue weighted by molar-refractivity contribution is 0.373. The second-order valence-electron chi connectivity index (χ2n) is 6.24. The lowest BCUT2D eigenvalue weighted by atomic mass is 10.3. The van der Waals surface area contributed by atoms with Crippen molar-refractivity contribution in [2.24, 2.45) is 4.99 Å². The van der Waals surface area contributed by atoms with Crippen LogP contribution in [0.4, 0.5) is 5.00 Å². The van der Waals surface area contributed by atoms with Gasteiger partial charge in [-0.15, -0.1) is 35.3 Å². The molecular formula is C17H32IN5O2S2. The van der Waals surface area contributed by atoms with Gasteiger partial charge in [0.05, 0.1) is 10.8 Å². The van der Waals surface area contributed by atoms with Gasteiger partial charge in [-0.05, 0) is 37.8 Å². The molecule has 1 aliphatic rings. The Kier molecular flexibility index (Phi) is 10.9. The number of aliphatic imine (C=N–C) groups is 1. The molecule has 1 N–H and O–H groups in total. The quantitative estimate of drug-likeness (QED) is 0.242. The fourth-order valence-electron chi connectivity index (χ4n) is 2.85. The highest BCUT2D eigenvalue weighted by molar-refractivity contribution is 14.0. The molecule has 0 amide bonds. The molecule has 2 heterocycles. The van der Waals surface area contributed by atoms with Crippen LogP contribution in [0.3, 0.4) is 0 Å². The number of nitrogens with zero attached hydrogens (tertiary/aromatic N) is 4. The van der Waals surface area contributed by atoms with Crippen LogP contribution in [0.1, 0.15) is 20.3 Å². The monoisotopic (exact) mass is 529 g/mol. The molecule has 10 heteroatoms. The van der Waals surface area contributed by atoms with Gasteiger partial charge in [-0.2, -0.15) is 0 Å². The molecule has 0 spiro atoms. The van der Waals surface area contributed by atoms with Crippen LogP contribution in [-0.4, -0.2) is 82.2 Å². The van der Waals surface area contributed by atoms with E-state index in [0.29, 0.717) is 13.1 Å². The first-order valence-corrected chi connectivity index (χ1v) is 11.7. The van der Waals surface area contributed by atoms with Crippen molar-refractivity contribution in [1.29, 1.82) is 0 Å². The van der Waals surface area contributed by atoms with Gasteiger partial charge in [-0.25, -0.2) is 12.7 Å². The molecule has 0 unspecified atom stereocenters. The maximum atomic E-state index is 11.8. The highest BCUT2D eigenvalue weighted by Gasteiger charge is 2.20. The second-order valence-corrected chi connectivity index (χ2v) is 9.53. The summed E-state index contributed by atoms with van der Waals surface area (Å²) in [6.45, 7) is 9.55. The summed E-state index contributed by atoms with van der Waals surface area (Å²) in [5.74, 6) is 1.07. The Morgan fingerprint density at radius 1 is 1.30 bits per heavy atom.